The Hall–Kier alpha value is -2.95. The molecule has 0 radical (unpaired) electrons. The molecule has 2 aromatic carbocycles. The van der Waals surface area contributed by atoms with Crippen LogP contribution in [-0.4, -0.2) is 16.0 Å². The Balaban J connectivity index is 1.81. The van der Waals surface area contributed by atoms with Crippen molar-refractivity contribution in [3.05, 3.63) is 78.2 Å². The highest BCUT2D eigenvalue weighted by molar-refractivity contribution is 5.55. The van der Waals surface area contributed by atoms with Gasteiger partial charge in [-0.1, -0.05) is 30.3 Å². The monoisotopic (exact) mass is 336 g/mol. The first kappa shape index (κ1) is 16.9. The van der Waals surface area contributed by atoms with Gasteiger partial charge >= 0.3 is 0 Å². The van der Waals surface area contributed by atoms with Gasteiger partial charge in [-0.05, 0) is 49.7 Å². The molecule has 1 heterocycles. The van der Waals surface area contributed by atoms with Crippen LogP contribution >= 0.6 is 0 Å². The van der Waals surface area contributed by atoms with Crippen molar-refractivity contribution in [1.82, 2.24) is 9.97 Å². The zero-order chi connectivity index (χ0) is 17.6. The third kappa shape index (κ3) is 4.53. The molecular weight excluding hydrogens is 315 g/mol. The van der Waals surface area contributed by atoms with Crippen molar-refractivity contribution >= 4 is 17.5 Å². The highest BCUT2D eigenvalue weighted by Crippen LogP contribution is 2.20. The summed E-state index contributed by atoms with van der Waals surface area (Å²) in [5.41, 5.74) is 1.97. The molecule has 0 spiro atoms. The minimum Gasteiger partial charge on any atom is -0.350 e. The van der Waals surface area contributed by atoms with Crippen LogP contribution in [0.5, 0.6) is 0 Å². The second kappa shape index (κ2) is 7.75. The maximum atomic E-state index is 13.0. The molecule has 1 N–H and O–H groups in total. The minimum absolute atomic E-state index is 0.269. The highest BCUT2D eigenvalue weighted by atomic mass is 19.1. The quantitative estimate of drug-likeness (QED) is 0.704. The fraction of sp³-hybridized carbons (Fsp3) is 0.200. The highest BCUT2D eigenvalue weighted by Gasteiger charge is 2.13. The predicted octanol–water partition coefficient (Wildman–Crippen LogP) is 4.77. The van der Waals surface area contributed by atoms with E-state index < -0.39 is 0 Å². The van der Waals surface area contributed by atoms with Crippen LogP contribution in [0.15, 0.2) is 66.9 Å². The minimum atomic E-state index is -0.269. The molecular formula is C20H21FN4. The van der Waals surface area contributed by atoms with Crippen LogP contribution in [0.1, 0.15) is 19.4 Å². The van der Waals surface area contributed by atoms with Gasteiger partial charge in [0, 0.05) is 24.5 Å². The summed E-state index contributed by atoms with van der Waals surface area (Å²) in [5, 5.41) is 3.11. The summed E-state index contributed by atoms with van der Waals surface area (Å²) in [6, 6.07) is 18.6. The molecule has 0 atom stereocenters. The third-order valence-corrected chi connectivity index (χ3v) is 3.85. The molecule has 0 bridgehead atoms. The molecule has 5 heteroatoms. The first-order valence-corrected chi connectivity index (χ1v) is 8.28. The molecule has 25 heavy (non-hydrogen) atoms. The number of rotatable bonds is 6. The Morgan fingerprint density at radius 2 is 1.72 bits per heavy atom. The predicted molar refractivity (Wildman–Crippen MR) is 99.5 cm³/mol. The average Bonchev–Trinajstić information content (AvgIpc) is 2.62. The van der Waals surface area contributed by atoms with Crippen LogP contribution < -0.4 is 10.2 Å². The Morgan fingerprint density at radius 3 is 2.40 bits per heavy atom. The maximum Gasteiger partial charge on any atom is 0.229 e. The van der Waals surface area contributed by atoms with Gasteiger partial charge in [0.15, 0.2) is 0 Å². The Kier molecular flexibility index (Phi) is 5.23. The lowest BCUT2D eigenvalue weighted by Gasteiger charge is -2.28. The van der Waals surface area contributed by atoms with Crippen molar-refractivity contribution in [2.45, 2.75) is 26.4 Å². The largest absolute Gasteiger partial charge is 0.350 e. The molecule has 0 fully saturated rings. The van der Waals surface area contributed by atoms with Crippen LogP contribution in [0.3, 0.4) is 0 Å². The van der Waals surface area contributed by atoms with E-state index in [1.807, 2.05) is 24.3 Å². The smallest absolute Gasteiger partial charge is 0.229 e. The van der Waals surface area contributed by atoms with E-state index in [0.717, 1.165) is 18.1 Å². The molecule has 0 saturated heterocycles. The van der Waals surface area contributed by atoms with Crippen LogP contribution in [-0.2, 0) is 6.54 Å². The lowest BCUT2D eigenvalue weighted by Crippen LogP contribution is -2.31. The fourth-order valence-corrected chi connectivity index (χ4v) is 2.54. The second-order valence-electron chi connectivity index (χ2n) is 6.08. The second-order valence-corrected chi connectivity index (χ2v) is 6.08. The summed E-state index contributed by atoms with van der Waals surface area (Å²) in [6.07, 6.45) is 1.73. The summed E-state index contributed by atoms with van der Waals surface area (Å²) < 4.78 is 13.0. The van der Waals surface area contributed by atoms with Crippen molar-refractivity contribution in [2.24, 2.45) is 0 Å². The molecule has 128 valence electrons. The van der Waals surface area contributed by atoms with Crippen molar-refractivity contribution < 1.29 is 4.39 Å². The maximum absolute atomic E-state index is 13.0. The number of benzene rings is 2. The normalized spacial score (nSPS) is 10.7. The van der Waals surface area contributed by atoms with E-state index in [1.54, 1.807) is 18.3 Å². The molecule has 0 unspecified atom stereocenters. The number of nitrogens with one attached hydrogen (secondary N) is 1. The zero-order valence-corrected chi connectivity index (χ0v) is 14.4. The van der Waals surface area contributed by atoms with E-state index in [9.17, 15) is 4.39 Å². The summed E-state index contributed by atoms with van der Waals surface area (Å²) in [6.45, 7) is 5.04. The van der Waals surface area contributed by atoms with Crippen LogP contribution in [0.25, 0.3) is 0 Å². The average molecular weight is 336 g/mol. The molecule has 3 aromatic rings. The van der Waals surface area contributed by atoms with E-state index in [2.05, 4.69) is 46.2 Å². The Labute approximate surface area is 147 Å². The Morgan fingerprint density at radius 1 is 1.00 bits per heavy atom. The summed E-state index contributed by atoms with van der Waals surface area (Å²) in [4.78, 5) is 11.1. The SMILES string of the molecule is CC(C)N(Cc1ccccc1)c1ccnc(Nc2ccc(F)cc2)n1. The van der Waals surface area contributed by atoms with E-state index >= 15 is 0 Å². The Bertz CT molecular complexity index is 803. The number of nitrogens with zero attached hydrogens (tertiary/aromatic N) is 3. The molecule has 0 aliphatic heterocycles. The van der Waals surface area contributed by atoms with Crippen LogP contribution in [0, 0.1) is 5.82 Å². The molecule has 0 saturated carbocycles. The molecule has 0 aliphatic rings. The van der Waals surface area contributed by atoms with Gasteiger partial charge in [-0.25, -0.2) is 9.37 Å². The lowest BCUT2D eigenvalue weighted by molar-refractivity contribution is 0.628. The standard InChI is InChI=1S/C20H21FN4/c1-15(2)25(14-16-6-4-3-5-7-16)19-12-13-22-20(24-19)23-18-10-8-17(21)9-11-18/h3-13,15H,14H2,1-2H3,(H,22,23,24). The summed E-state index contributed by atoms with van der Waals surface area (Å²) in [5.74, 6) is 1.07. The molecule has 3 rings (SSSR count). The first-order chi connectivity index (χ1) is 12.1. The van der Waals surface area contributed by atoms with Gasteiger partial charge < -0.3 is 10.2 Å². The third-order valence-electron chi connectivity index (χ3n) is 3.85. The first-order valence-electron chi connectivity index (χ1n) is 8.28. The van der Waals surface area contributed by atoms with E-state index in [0.29, 0.717) is 5.95 Å². The number of aromatic nitrogens is 2. The summed E-state index contributed by atoms with van der Waals surface area (Å²) in [7, 11) is 0. The number of halogens is 1. The van der Waals surface area contributed by atoms with Gasteiger partial charge in [-0.3, -0.25) is 0 Å². The van der Waals surface area contributed by atoms with Gasteiger partial charge in [0.2, 0.25) is 5.95 Å². The van der Waals surface area contributed by atoms with E-state index in [1.165, 1.54) is 17.7 Å². The van der Waals surface area contributed by atoms with Crippen molar-refractivity contribution in [3.8, 4) is 0 Å². The van der Waals surface area contributed by atoms with Crippen molar-refractivity contribution in [3.63, 3.8) is 0 Å². The van der Waals surface area contributed by atoms with Gasteiger partial charge in [0.05, 0.1) is 0 Å². The van der Waals surface area contributed by atoms with Gasteiger partial charge in [0.1, 0.15) is 11.6 Å². The number of hydrogen-bond donors (Lipinski definition) is 1. The topological polar surface area (TPSA) is 41.1 Å². The lowest BCUT2D eigenvalue weighted by atomic mass is 10.2. The van der Waals surface area contributed by atoms with Gasteiger partial charge in [-0.2, -0.15) is 4.98 Å². The van der Waals surface area contributed by atoms with Gasteiger partial charge in [-0.15, -0.1) is 0 Å². The van der Waals surface area contributed by atoms with Crippen molar-refractivity contribution in [1.29, 1.82) is 0 Å². The van der Waals surface area contributed by atoms with Crippen LogP contribution in [0.4, 0.5) is 21.8 Å². The molecule has 0 aliphatic carbocycles. The van der Waals surface area contributed by atoms with Gasteiger partial charge in [0.25, 0.3) is 0 Å². The number of hydrogen-bond acceptors (Lipinski definition) is 4. The van der Waals surface area contributed by atoms with E-state index in [-0.39, 0.29) is 11.9 Å². The summed E-state index contributed by atoms with van der Waals surface area (Å²) >= 11 is 0. The zero-order valence-electron chi connectivity index (χ0n) is 14.4. The number of anilines is 3. The fourth-order valence-electron chi connectivity index (χ4n) is 2.54. The van der Waals surface area contributed by atoms with Crippen LogP contribution in [0.2, 0.25) is 0 Å². The molecule has 0 amide bonds. The van der Waals surface area contributed by atoms with Crippen molar-refractivity contribution in [2.75, 3.05) is 10.2 Å². The molecule has 4 nitrogen and oxygen atoms in total. The van der Waals surface area contributed by atoms with E-state index in [4.69, 9.17) is 0 Å². The molecule has 1 aromatic heterocycles.